The Morgan fingerprint density at radius 1 is 1.08 bits per heavy atom. The number of imidazole rings is 1. The van der Waals surface area contributed by atoms with Crippen LogP contribution in [0.25, 0.3) is 5.69 Å². The third-order valence-corrected chi connectivity index (χ3v) is 4.50. The highest BCUT2D eigenvalue weighted by atomic mass is 16.2. The van der Waals surface area contributed by atoms with Gasteiger partial charge in [-0.2, -0.15) is 0 Å². The first kappa shape index (κ1) is 16.9. The number of nitrogens with two attached hydrogens (primary N) is 1. The number of amides is 1. The Hall–Kier alpha value is -2.92. The maximum absolute atomic E-state index is 12.6. The number of hydrogen-bond acceptors (Lipinski definition) is 3. The van der Waals surface area contributed by atoms with Gasteiger partial charge in [-0.15, -0.1) is 0 Å². The van der Waals surface area contributed by atoms with Crippen LogP contribution in [0.5, 0.6) is 0 Å². The number of nitrogens with zero attached hydrogens (tertiary/aromatic N) is 2. The molecule has 0 aliphatic carbocycles. The van der Waals surface area contributed by atoms with Crippen LogP contribution >= 0.6 is 0 Å². The van der Waals surface area contributed by atoms with Crippen molar-refractivity contribution in [1.82, 2.24) is 9.55 Å². The zero-order valence-corrected chi connectivity index (χ0v) is 14.7. The molecule has 1 atom stereocenters. The summed E-state index contributed by atoms with van der Waals surface area (Å²) >= 11 is 0. The molecule has 3 rings (SSSR count). The lowest BCUT2D eigenvalue weighted by Gasteiger charge is -2.24. The van der Waals surface area contributed by atoms with E-state index >= 15 is 0 Å². The number of aromatic nitrogens is 2. The first-order valence-corrected chi connectivity index (χ1v) is 8.16. The lowest BCUT2D eigenvalue weighted by Crippen LogP contribution is -2.45. The third-order valence-electron chi connectivity index (χ3n) is 4.50. The molecule has 0 aliphatic heterocycles. The second kappa shape index (κ2) is 6.53. The van der Waals surface area contributed by atoms with Crippen molar-refractivity contribution in [3.63, 3.8) is 0 Å². The predicted molar refractivity (Wildman–Crippen MR) is 99.6 cm³/mol. The largest absolute Gasteiger partial charge is 0.324 e. The summed E-state index contributed by atoms with van der Waals surface area (Å²) in [5, 5.41) is 2.89. The lowest BCUT2D eigenvalue weighted by atomic mass is 9.92. The summed E-state index contributed by atoms with van der Waals surface area (Å²) in [6.07, 6.45) is 1.80. The molecule has 0 spiro atoms. The van der Waals surface area contributed by atoms with Crippen LogP contribution < -0.4 is 11.1 Å². The number of anilines is 1. The third kappa shape index (κ3) is 3.32. The number of nitrogens with one attached hydrogen (secondary N) is 1. The number of carbonyl (C=O) groups is 1. The predicted octanol–water partition coefficient (Wildman–Crippen LogP) is 3.30. The smallest absolute Gasteiger partial charge is 0.248 e. The second-order valence-corrected chi connectivity index (χ2v) is 6.35. The van der Waals surface area contributed by atoms with Gasteiger partial charge < -0.3 is 15.6 Å². The van der Waals surface area contributed by atoms with E-state index < -0.39 is 5.54 Å². The highest BCUT2D eigenvalue weighted by Gasteiger charge is 2.30. The molecule has 0 saturated carbocycles. The van der Waals surface area contributed by atoms with E-state index in [1.54, 1.807) is 13.3 Å². The van der Waals surface area contributed by atoms with Gasteiger partial charge in [0.05, 0.1) is 12.0 Å². The van der Waals surface area contributed by atoms with Gasteiger partial charge in [-0.1, -0.05) is 30.3 Å². The van der Waals surface area contributed by atoms with Gasteiger partial charge in [0.1, 0.15) is 5.54 Å². The van der Waals surface area contributed by atoms with E-state index in [0.29, 0.717) is 5.69 Å². The molecule has 2 aromatic carbocycles. The van der Waals surface area contributed by atoms with E-state index in [1.807, 2.05) is 73.0 Å². The van der Waals surface area contributed by atoms with Crippen LogP contribution in [0.2, 0.25) is 0 Å². The minimum Gasteiger partial charge on any atom is -0.324 e. The topological polar surface area (TPSA) is 72.9 Å². The normalized spacial score (nSPS) is 13.3. The molecule has 0 saturated heterocycles. The minimum absolute atomic E-state index is 0.249. The van der Waals surface area contributed by atoms with Crippen LogP contribution in [0.3, 0.4) is 0 Å². The molecular weight excluding hydrogens is 312 g/mol. The van der Waals surface area contributed by atoms with Gasteiger partial charge >= 0.3 is 0 Å². The van der Waals surface area contributed by atoms with E-state index in [0.717, 1.165) is 22.6 Å². The Morgan fingerprint density at radius 3 is 2.28 bits per heavy atom. The van der Waals surface area contributed by atoms with Crippen molar-refractivity contribution in [1.29, 1.82) is 0 Å². The molecule has 5 heteroatoms. The molecule has 3 aromatic rings. The number of rotatable bonds is 4. The molecule has 1 unspecified atom stereocenters. The highest BCUT2D eigenvalue weighted by molar-refractivity contribution is 5.98. The van der Waals surface area contributed by atoms with Crippen LogP contribution in [0.1, 0.15) is 23.9 Å². The maximum Gasteiger partial charge on any atom is 0.248 e. The van der Waals surface area contributed by atoms with E-state index in [4.69, 9.17) is 5.73 Å². The summed E-state index contributed by atoms with van der Waals surface area (Å²) in [5.41, 5.74) is 9.71. The van der Waals surface area contributed by atoms with Crippen LogP contribution in [-0.4, -0.2) is 15.5 Å². The zero-order chi connectivity index (χ0) is 18.0. The molecule has 3 N–H and O–H groups in total. The maximum atomic E-state index is 12.6. The molecule has 5 nitrogen and oxygen atoms in total. The SMILES string of the molecule is Cc1ncn(-c2ccc(NC(=O)C(C)(N)c3ccccc3)cc2)c1C. The van der Waals surface area contributed by atoms with Crippen molar-refractivity contribution in [2.24, 2.45) is 5.73 Å². The average molecular weight is 334 g/mol. The zero-order valence-electron chi connectivity index (χ0n) is 14.7. The highest BCUT2D eigenvalue weighted by Crippen LogP contribution is 2.21. The van der Waals surface area contributed by atoms with E-state index in [2.05, 4.69) is 10.3 Å². The van der Waals surface area contributed by atoms with Crippen LogP contribution in [-0.2, 0) is 10.3 Å². The number of hydrogen-bond donors (Lipinski definition) is 2. The fourth-order valence-electron chi connectivity index (χ4n) is 2.64. The number of aryl methyl sites for hydroxylation is 1. The van der Waals surface area contributed by atoms with Crippen molar-refractivity contribution in [2.45, 2.75) is 26.3 Å². The molecule has 1 aromatic heterocycles. The van der Waals surface area contributed by atoms with Crippen molar-refractivity contribution in [3.05, 3.63) is 77.9 Å². The summed E-state index contributed by atoms with van der Waals surface area (Å²) in [6, 6.07) is 17.0. The van der Waals surface area contributed by atoms with Crippen molar-refractivity contribution in [2.75, 3.05) is 5.32 Å². The van der Waals surface area contributed by atoms with Gasteiger partial charge in [0.15, 0.2) is 0 Å². The summed E-state index contributed by atoms with van der Waals surface area (Å²) in [5.74, 6) is -0.249. The van der Waals surface area contributed by atoms with Gasteiger partial charge in [-0.25, -0.2) is 4.98 Å². The van der Waals surface area contributed by atoms with Gasteiger partial charge in [0.2, 0.25) is 5.91 Å². The molecule has 0 radical (unpaired) electrons. The molecule has 25 heavy (non-hydrogen) atoms. The van der Waals surface area contributed by atoms with Crippen molar-refractivity contribution in [3.8, 4) is 5.69 Å². The minimum atomic E-state index is -1.10. The molecular formula is C20H22N4O. The Kier molecular flexibility index (Phi) is 4.42. The monoisotopic (exact) mass is 334 g/mol. The molecule has 1 amide bonds. The molecule has 1 heterocycles. The van der Waals surface area contributed by atoms with E-state index in [1.165, 1.54) is 0 Å². The quantitative estimate of drug-likeness (QED) is 0.769. The van der Waals surface area contributed by atoms with Crippen molar-refractivity contribution < 1.29 is 4.79 Å². The van der Waals surface area contributed by atoms with Gasteiger partial charge in [0, 0.05) is 17.1 Å². The summed E-state index contributed by atoms with van der Waals surface area (Å²) in [7, 11) is 0. The van der Waals surface area contributed by atoms with Crippen LogP contribution in [0.4, 0.5) is 5.69 Å². The Bertz CT molecular complexity index is 880. The first-order chi connectivity index (χ1) is 11.9. The molecule has 0 bridgehead atoms. The number of carbonyl (C=O) groups excluding carboxylic acids is 1. The standard InChI is InChI=1S/C20H22N4O/c1-14-15(2)24(13-22-14)18-11-9-17(10-12-18)23-19(25)20(3,21)16-7-5-4-6-8-16/h4-13H,21H2,1-3H3,(H,23,25). The fraction of sp³-hybridized carbons (Fsp3) is 0.200. The van der Waals surface area contributed by atoms with Crippen LogP contribution in [0, 0.1) is 13.8 Å². The first-order valence-electron chi connectivity index (χ1n) is 8.16. The van der Waals surface area contributed by atoms with E-state index in [9.17, 15) is 4.79 Å². The summed E-state index contributed by atoms with van der Waals surface area (Å²) in [4.78, 5) is 16.9. The van der Waals surface area contributed by atoms with Crippen molar-refractivity contribution >= 4 is 11.6 Å². The Morgan fingerprint density at radius 2 is 1.72 bits per heavy atom. The Labute approximate surface area is 147 Å². The van der Waals surface area contributed by atoms with Gasteiger partial charge in [-0.05, 0) is 50.6 Å². The molecule has 0 fully saturated rings. The van der Waals surface area contributed by atoms with Gasteiger partial charge in [0.25, 0.3) is 0 Å². The van der Waals surface area contributed by atoms with Gasteiger partial charge in [-0.3, -0.25) is 4.79 Å². The van der Waals surface area contributed by atoms with Crippen LogP contribution in [0.15, 0.2) is 60.9 Å². The molecule has 128 valence electrons. The van der Waals surface area contributed by atoms with E-state index in [-0.39, 0.29) is 5.91 Å². The second-order valence-electron chi connectivity index (χ2n) is 6.35. The fourth-order valence-corrected chi connectivity index (χ4v) is 2.64. The number of benzene rings is 2. The molecule has 0 aliphatic rings. The Balaban J connectivity index is 1.77. The average Bonchev–Trinajstić information content (AvgIpc) is 2.95. The summed E-state index contributed by atoms with van der Waals surface area (Å²) < 4.78 is 2.01. The lowest BCUT2D eigenvalue weighted by molar-refractivity contribution is -0.120. The summed E-state index contributed by atoms with van der Waals surface area (Å²) in [6.45, 7) is 5.72.